The standard InChI is InChI=1S/C16H25NO3S/c1-7-8-12-9-13(21-11(12)3)15(19)20-10(2)14(18)17-16(4,5)6/h9-10H,7-8H2,1-6H3,(H,17,18). The maximum atomic E-state index is 12.1. The van der Waals surface area contributed by atoms with E-state index in [1.807, 2.05) is 33.8 Å². The molecule has 21 heavy (non-hydrogen) atoms. The van der Waals surface area contributed by atoms with Gasteiger partial charge in [-0.15, -0.1) is 11.3 Å². The van der Waals surface area contributed by atoms with Crippen LogP contribution in [0, 0.1) is 6.92 Å². The van der Waals surface area contributed by atoms with Gasteiger partial charge in [0.25, 0.3) is 5.91 Å². The number of hydrogen-bond donors (Lipinski definition) is 1. The van der Waals surface area contributed by atoms with E-state index >= 15 is 0 Å². The fraction of sp³-hybridized carbons (Fsp3) is 0.625. The fourth-order valence-corrected chi connectivity index (χ4v) is 2.84. The Morgan fingerprint density at radius 1 is 1.38 bits per heavy atom. The van der Waals surface area contributed by atoms with Crippen molar-refractivity contribution in [2.45, 2.75) is 66.0 Å². The molecule has 0 radical (unpaired) electrons. The van der Waals surface area contributed by atoms with Crippen molar-refractivity contribution in [3.8, 4) is 0 Å². The molecule has 118 valence electrons. The van der Waals surface area contributed by atoms with Gasteiger partial charge in [-0.25, -0.2) is 4.79 Å². The van der Waals surface area contributed by atoms with Gasteiger partial charge in [0.15, 0.2) is 6.10 Å². The Labute approximate surface area is 130 Å². The van der Waals surface area contributed by atoms with Crippen molar-refractivity contribution in [3.63, 3.8) is 0 Å². The Morgan fingerprint density at radius 3 is 2.52 bits per heavy atom. The van der Waals surface area contributed by atoms with Crippen LogP contribution in [0.25, 0.3) is 0 Å². The summed E-state index contributed by atoms with van der Waals surface area (Å²) in [6, 6.07) is 1.88. The summed E-state index contributed by atoms with van der Waals surface area (Å²) < 4.78 is 5.25. The monoisotopic (exact) mass is 311 g/mol. The van der Waals surface area contributed by atoms with E-state index in [1.54, 1.807) is 6.92 Å². The summed E-state index contributed by atoms with van der Waals surface area (Å²) in [4.78, 5) is 25.7. The van der Waals surface area contributed by atoms with Gasteiger partial charge >= 0.3 is 5.97 Å². The molecule has 1 amide bonds. The second-order valence-electron chi connectivity index (χ2n) is 6.23. The number of carbonyl (C=O) groups excluding carboxylic acids is 2. The lowest BCUT2D eigenvalue weighted by atomic mass is 10.1. The minimum absolute atomic E-state index is 0.280. The zero-order valence-corrected chi connectivity index (χ0v) is 14.5. The molecule has 1 atom stereocenters. The Morgan fingerprint density at radius 2 is 2.00 bits per heavy atom. The van der Waals surface area contributed by atoms with Crippen molar-refractivity contribution in [2.24, 2.45) is 0 Å². The van der Waals surface area contributed by atoms with Crippen molar-refractivity contribution in [1.29, 1.82) is 0 Å². The molecular weight excluding hydrogens is 286 g/mol. The van der Waals surface area contributed by atoms with E-state index in [9.17, 15) is 9.59 Å². The molecule has 1 unspecified atom stereocenters. The minimum atomic E-state index is -0.797. The first kappa shape index (κ1) is 17.7. The molecule has 0 aliphatic rings. The number of hydrogen-bond acceptors (Lipinski definition) is 4. The Kier molecular flexibility index (Phi) is 5.96. The number of esters is 1. The van der Waals surface area contributed by atoms with Crippen LogP contribution in [-0.4, -0.2) is 23.5 Å². The van der Waals surface area contributed by atoms with Crippen LogP contribution in [0.3, 0.4) is 0 Å². The van der Waals surface area contributed by atoms with Gasteiger partial charge in [-0.3, -0.25) is 4.79 Å². The average molecular weight is 311 g/mol. The Balaban J connectivity index is 2.68. The zero-order chi connectivity index (χ0) is 16.2. The maximum Gasteiger partial charge on any atom is 0.349 e. The lowest BCUT2D eigenvalue weighted by Gasteiger charge is -2.23. The second kappa shape index (κ2) is 7.07. The Bertz CT molecular complexity index is 514. The summed E-state index contributed by atoms with van der Waals surface area (Å²) >= 11 is 1.42. The first-order valence-electron chi connectivity index (χ1n) is 7.26. The fourth-order valence-electron chi connectivity index (χ4n) is 1.88. The van der Waals surface area contributed by atoms with Crippen LogP contribution in [0.5, 0.6) is 0 Å². The molecule has 0 saturated carbocycles. The van der Waals surface area contributed by atoms with Crippen LogP contribution in [0.4, 0.5) is 0 Å². The van der Waals surface area contributed by atoms with Crippen molar-refractivity contribution in [2.75, 3.05) is 0 Å². The van der Waals surface area contributed by atoms with Gasteiger partial charge in [0.2, 0.25) is 0 Å². The molecule has 5 heteroatoms. The van der Waals surface area contributed by atoms with Gasteiger partial charge in [-0.1, -0.05) is 13.3 Å². The van der Waals surface area contributed by atoms with Gasteiger partial charge in [-0.05, 0) is 52.7 Å². The number of thiophene rings is 1. The number of aryl methyl sites for hydroxylation is 2. The van der Waals surface area contributed by atoms with E-state index in [0.717, 1.165) is 17.7 Å². The Hall–Kier alpha value is -1.36. The number of ether oxygens (including phenoxy) is 1. The molecular formula is C16H25NO3S. The normalized spacial score (nSPS) is 12.9. The number of amides is 1. The number of nitrogens with one attached hydrogen (secondary N) is 1. The SMILES string of the molecule is CCCc1cc(C(=O)OC(C)C(=O)NC(C)(C)C)sc1C. The van der Waals surface area contributed by atoms with Crippen LogP contribution < -0.4 is 5.32 Å². The molecule has 1 aromatic rings. The predicted molar refractivity (Wildman–Crippen MR) is 85.8 cm³/mol. The second-order valence-corrected chi connectivity index (χ2v) is 7.49. The number of rotatable bonds is 5. The van der Waals surface area contributed by atoms with Crippen LogP contribution in [-0.2, 0) is 16.0 Å². The van der Waals surface area contributed by atoms with Crippen LogP contribution in [0.2, 0.25) is 0 Å². The molecule has 0 aromatic carbocycles. The maximum absolute atomic E-state index is 12.1. The number of carbonyl (C=O) groups is 2. The van der Waals surface area contributed by atoms with Gasteiger partial charge in [-0.2, -0.15) is 0 Å². The molecule has 0 aliphatic carbocycles. The summed E-state index contributed by atoms with van der Waals surface area (Å²) in [6.07, 6.45) is 1.19. The predicted octanol–water partition coefficient (Wildman–Crippen LogP) is 3.47. The van der Waals surface area contributed by atoms with Crippen molar-refractivity contribution in [3.05, 3.63) is 21.4 Å². The zero-order valence-electron chi connectivity index (χ0n) is 13.7. The first-order valence-corrected chi connectivity index (χ1v) is 8.08. The average Bonchev–Trinajstić information content (AvgIpc) is 2.69. The molecule has 1 heterocycles. The molecule has 0 aliphatic heterocycles. The van der Waals surface area contributed by atoms with E-state index < -0.39 is 12.1 Å². The molecule has 0 fully saturated rings. The van der Waals surface area contributed by atoms with Crippen LogP contribution in [0.15, 0.2) is 6.07 Å². The van der Waals surface area contributed by atoms with E-state index in [-0.39, 0.29) is 11.4 Å². The molecule has 1 aromatic heterocycles. The summed E-state index contributed by atoms with van der Waals surface area (Å²) in [5.74, 6) is -0.708. The van der Waals surface area contributed by atoms with Crippen molar-refractivity contribution < 1.29 is 14.3 Å². The molecule has 0 bridgehead atoms. The summed E-state index contributed by atoms with van der Waals surface area (Å²) in [7, 11) is 0. The molecule has 4 nitrogen and oxygen atoms in total. The molecule has 0 spiro atoms. The lowest BCUT2D eigenvalue weighted by Crippen LogP contribution is -2.46. The topological polar surface area (TPSA) is 55.4 Å². The van der Waals surface area contributed by atoms with Gasteiger partial charge in [0.05, 0.1) is 0 Å². The summed E-state index contributed by atoms with van der Waals surface area (Å²) in [6.45, 7) is 11.4. The molecule has 0 saturated heterocycles. The third-order valence-corrected chi connectivity index (χ3v) is 3.97. The highest BCUT2D eigenvalue weighted by Gasteiger charge is 2.23. The van der Waals surface area contributed by atoms with Crippen LogP contribution >= 0.6 is 11.3 Å². The highest BCUT2D eigenvalue weighted by Crippen LogP contribution is 2.24. The summed E-state index contributed by atoms with van der Waals surface area (Å²) in [5.41, 5.74) is 0.840. The third kappa shape index (κ3) is 5.50. The van der Waals surface area contributed by atoms with E-state index in [1.165, 1.54) is 16.9 Å². The van der Waals surface area contributed by atoms with Crippen molar-refractivity contribution in [1.82, 2.24) is 5.32 Å². The van der Waals surface area contributed by atoms with E-state index in [4.69, 9.17) is 4.74 Å². The quantitative estimate of drug-likeness (QED) is 0.847. The largest absolute Gasteiger partial charge is 0.448 e. The highest BCUT2D eigenvalue weighted by atomic mass is 32.1. The smallest absolute Gasteiger partial charge is 0.349 e. The van der Waals surface area contributed by atoms with Gasteiger partial charge in [0, 0.05) is 10.4 Å². The highest BCUT2D eigenvalue weighted by molar-refractivity contribution is 7.14. The van der Waals surface area contributed by atoms with Crippen LogP contribution in [0.1, 0.15) is 61.2 Å². The van der Waals surface area contributed by atoms with E-state index in [0.29, 0.717) is 4.88 Å². The third-order valence-electron chi connectivity index (χ3n) is 2.89. The molecule has 1 N–H and O–H groups in total. The van der Waals surface area contributed by atoms with Crippen molar-refractivity contribution >= 4 is 23.2 Å². The first-order chi connectivity index (χ1) is 9.64. The lowest BCUT2D eigenvalue weighted by molar-refractivity contribution is -0.130. The summed E-state index contributed by atoms with van der Waals surface area (Å²) in [5, 5.41) is 2.80. The minimum Gasteiger partial charge on any atom is -0.448 e. The van der Waals surface area contributed by atoms with Gasteiger partial charge < -0.3 is 10.1 Å². The molecule has 1 rings (SSSR count). The van der Waals surface area contributed by atoms with Gasteiger partial charge in [0.1, 0.15) is 4.88 Å². The van der Waals surface area contributed by atoms with E-state index in [2.05, 4.69) is 12.2 Å².